The predicted octanol–water partition coefficient (Wildman–Crippen LogP) is 2.63. The highest BCUT2D eigenvalue weighted by molar-refractivity contribution is 6.09. The van der Waals surface area contributed by atoms with E-state index in [0.717, 1.165) is 23.3 Å². The number of nitrogens with zero attached hydrogens (tertiary/aromatic N) is 2. The van der Waals surface area contributed by atoms with Gasteiger partial charge in [-0.15, -0.1) is 0 Å². The Hall–Kier alpha value is -3.66. The van der Waals surface area contributed by atoms with Gasteiger partial charge in [-0.2, -0.15) is 5.26 Å². The monoisotopic (exact) mass is 416 g/mol. The van der Waals surface area contributed by atoms with Crippen LogP contribution in [-0.4, -0.2) is 34.8 Å². The first-order valence-corrected chi connectivity index (χ1v) is 10.4. The van der Waals surface area contributed by atoms with Gasteiger partial charge in [0.1, 0.15) is 12.1 Å². The van der Waals surface area contributed by atoms with Crippen LogP contribution in [0.3, 0.4) is 0 Å². The summed E-state index contributed by atoms with van der Waals surface area (Å²) in [7, 11) is 0. The lowest BCUT2D eigenvalue weighted by Gasteiger charge is -2.28. The topological polar surface area (TPSA) is 102 Å². The summed E-state index contributed by atoms with van der Waals surface area (Å²) in [6.07, 6.45) is 3.16. The fourth-order valence-electron chi connectivity index (χ4n) is 4.51. The van der Waals surface area contributed by atoms with Crippen LogP contribution in [0.25, 0.3) is 0 Å². The maximum atomic E-state index is 13.6. The molecule has 2 fully saturated rings. The van der Waals surface area contributed by atoms with Gasteiger partial charge < -0.3 is 10.6 Å². The molecular weight excluding hydrogens is 392 g/mol. The van der Waals surface area contributed by atoms with E-state index in [9.17, 15) is 19.6 Å². The van der Waals surface area contributed by atoms with Crippen LogP contribution in [0.4, 0.5) is 4.79 Å². The molecule has 0 radical (unpaired) electrons. The van der Waals surface area contributed by atoms with E-state index in [-0.39, 0.29) is 6.42 Å². The summed E-state index contributed by atoms with van der Waals surface area (Å²) in [5.41, 5.74) is -0.651. The largest absolute Gasteiger partial charge is 0.336 e. The van der Waals surface area contributed by atoms with Crippen LogP contribution in [0.5, 0.6) is 0 Å². The van der Waals surface area contributed by atoms with E-state index in [1.807, 2.05) is 48.5 Å². The number of urea groups is 1. The van der Waals surface area contributed by atoms with Crippen molar-refractivity contribution < 1.29 is 14.4 Å². The van der Waals surface area contributed by atoms with Crippen molar-refractivity contribution in [2.24, 2.45) is 0 Å². The molecule has 2 aliphatic rings. The Morgan fingerprint density at radius 3 is 2.26 bits per heavy atom. The van der Waals surface area contributed by atoms with Gasteiger partial charge in [0.2, 0.25) is 5.91 Å². The zero-order chi connectivity index (χ0) is 21.9. The number of rotatable bonds is 6. The molecule has 1 atom stereocenters. The third-order valence-electron chi connectivity index (χ3n) is 6.11. The van der Waals surface area contributed by atoms with Crippen LogP contribution in [0.1, 0.15) is 36.8 Å². The molecule has 4 rings (SSSR count). The second-order valence-corrected chi connectivity index (χ2v) is 8.20. The Morgan fingerprint density at radius 1 is 1.03 bits per heavy atom. The molecule has 2 aromatic rings. The van der Waals surface area contributed by atoms with Crippen LogP contribution in [-0.2, 0) is 21.5 Å². The number of amides is 4. The zero-order valence-corrected chi connectivity index (χ0v) is 17.1. The van der Waals surface area contributed by atoms with Crippen LogP contribution in [0, 0.1) is 11.3 Å². The van der Waals surface area contributed by atoms with Crippen LogP contribution in [0.2, 0.25) is 0 Å². The molecular formula is C24H24N4O3. The first-order valence-electron chi connectivity index (χ1n) is 10.4. The molecule has 0 spiro atoms. The minimum atomic E-state index is -1.29. The molecule has 0 unspecified atom stereocenters. The van der Waals surface area contributed by atoms with E-state index < -0.39 is 35.5 Å². The van der Waals surface area contributed by atoms with Gasteiger partial charge in [-0.1, -0.05) is 60.7 Å². The second-order valence-electron chi connectivity index (χ2n) is 8.20. The number of imide groups is 1. The Balaban J connectivity index is 1.60. The average molecular weight is 416 g/mol. The standard InChI is InChI=1S/C24H24N4O3/c25-17-23(13-7-8-14-23)26-20(29)16-28-21(30)24(27-22(28)31,19-11-5-2-6-12-19)15-18-9-3-1-4-10-18/h1-6,9-12H,7-8,13-16H2,(H,26,29)(H,27,31)/t24-/m1/s1. The number of hydrogen-bond acceptors (Lipinski definition) is 4. The molecule has 1 aliphatic heterocycles. The van der Waals surface area contributed by atoms with Gasteiger partial charge in [0.05, 0.1) is 6.07 Å². The highest BCUT2D eigenvalue weighted by atomic mass is 16.2. The molecule has 4 amide bonds. The molecule has 0 aromatic heterocycles. The van der Waals surface area contributed by atoms with Gasteiger partial charge in [-0.25, -0.2) is 4.79 Å². The molecule has 0 bridgehead atoms. The van der Waals surface area contributed by atoms with Crippen LogP contribution < -0.4 is 10.6 Å². The van der Waals surface area contributed by atoms with E-state index in [0.29, 0.717) is 18.4 Å². The minimum absolute atomic E-state index is 0.267. The first-order chi connectivity index (χ1) is 15.0. The number of nitriles is 1. The molecule has 1 saturated carbocycles. The summed E-state index contributed by atoms with van der Waals surface area (Å²) >= 11 is 0. The van der Waals surface area contributed by atoms with E-state index in [1.165, 1.54) is 0 Å². The van der Waals surface area contributed by atoms with Crippen molar-refractivity contribution in [1.82, 2.24) is 15.5 Å². The normalized spacial score (nSPS) is 22.1. The van der Waals surface area contributed by atoms with Gasteiger partial charge in [0, 0.05) is 6.42 Å². The van der Waals surface area contributed by atoms with E-state index >= 15 is 0 Å². The highest BCUT2D eigenvalue weighted by Gasteiger charge is 2.53. The summed E-state index contributed by atoms with van der Waals surface area (Å²) in [6.45, 7) is -0.419. The smallest absolute Gasteiger partial charge is 0.325 e. The van der Waals surface area contributed by atoms with Crippen molar-refractivity contribution in [3.63, 3.8) is 0 Å². The fraction of sp³-hybridized carbons (Fsp3) is 0.333. The molecule has 1 saturated heterocycles. The predicted molar refractivity (Wildman–Crippen MR) is 113 cm³/mol. The number of benzene rings is 2. The Bertz CT molecular complexity index is 1030. The van der Waals surface area contributed by atoms with Gasteiger partial charge in [-0.3, -0.25) is 14.5 Å². The van der Waals surface area contributed by atoms with Gasteiger partial charge in [-0.05, 0) is 36.8 Å². The van der Waals surface area contributed by atoms with Crippen molar-refractivity contribution in [1.29, 1.82) is 5.26 Å². The maximum absolute atomic E-state index is 13.6. The molecule has 7 heteroatoms. The van der Waals surface area contributed by atoms with Crippen LogP contribution in [0.15, 0.2) is 60.7 Å². The summed E-state index contributed by atoms with van der Waals surface area (Å²) < 4.78 is 0. The van der Waals surface area contributed by atoms with Gasteiger partial charge in [0.25, 0.3) is 5.91 Å². The summed E-state index contributed by atoms with van der Waals surface area (Å²) in [6, 6.07) is 20.1. The number of nitrogens with one attached hydrogen (secondary N) is 2. The quantitative estimate of drug-likeness (QED) is 0.707. The second kappa shape index (κ2) is 8.23. The van der Waals surface area contributed by atoms with Crippen molar-refractivity contribution in [2.75, 3.05) is 6.54 Å². The van der Waals surface area contributed by atoms with E-state index in [2.05, 4.69) is 16.7 Å². The number of carbonyl (C=O) groups is 3. The average Bonchev–Trinajstić information content (AvgIpc) is 3.34. The van der Waals surface area contributed by atoms with E-state index in [1.54, 1.807) is 12.1 Å². The third kappa shape index (κ3) is 3.89. The molecule has 1 heterocycles. The van der Waals surface area contributed by atoms with Crippen molar-refractivity contribution in [3.05, 3.63) is 71.8 Å². The van der Waals surface area contributed by atoms with Gasteiger partial charge >= 0.3 is 6.03 Å². The molecule has 1 aliphatic carbocycles. The highest BCUT2D eigenvalue weighted by Crippen LogP contribution is 2.33. The minimum Gasteiger partial charge on any atom is -0.336 e. The van der Waals surface area contributed by atoms with Crippen molar-refractivity contribution >= 4 is 17.8 Å². The Kier molecular flexibility index (Phi) is 5.47. The zero-order valence-electron chi connectivity index (χ0n) is 17.1. The summed E-state index contributed by atoms with van der Waals surface area (Å²) in [5.74, 6) is -0.976. The van der Waals surface area contributed by atoms with Crippen molar-refractivity contribution in [2.45, 2.75) is 43.2 Å². The third-order valence-corrected chi connectivity index (χ3v) is 6.11. The summed E-state index contributed by atoms with van der Waals surface area (Å²) in [5, 5.41) is 15.1. The number of hydrogen-bond donors (Lipinski definition) is 2. The Labute approximate surface area is 181 Å². The molecule has 158 valence electrons. The Morgan fingerprint density at radius 2 is 1.65 bits per heavy atom. The maximum Gasteiger partial charge on any atom is 0.325 e. The lowest BCUT2D eigenvalue weighted by Crippen LogP contribution is -2.50. The fourth-order valence-corrected chi connectivity index (χ4v) is 4.51. The van der Waals surface area contributed by atoms with Gasteiger partial charge in [0.15, 0.2) is 5.54 Å². The van der Waals surface area contributed by atoms with Crippen LogP contribution >= 0.6 is 0 Å². The van der Waals surface area contributed by atoms with E-state index in [4.69, 9.17) is 0 Å². The summed E-state index contributed by atoms with van der Waals surface area (Å²) in [4.78, 5) is 40.0. The lowest BCUT2D eigenvalue weighted by atomic mass is 9.83. The lowest BCUT2D eigenvalue weighted by molar-refractivity contribution is -0.135. The SMILES string of the molecule is N#CC1(NC(=O)CN2C(=O)N[C@](Cc3ccccc3)(c3ccccc3)C2=O)CCCC1. The van der Waals surface area contributed by atoms with Crippen molar-refractivity contribution in [3.8, 4) is 6.07 Å². The first kappa shape index (κ1) is 20.6. The molecule has 2 aromatic carbocycles. The molecule has 2 N–H and O–H groups in total. The molecule has 7 nitrogen and oxygen atoms in total. The number of carbonyl (C=O) groups excluding carboxylic acids is 3. The molecule has 31 heavy (non-hydrogen) atoms.